The van der Waals surface area contributed by atoms with Gasteiger partial charge >= 0.3 is 0 Å². The van der Waals surface area contributed by atoms with E-state index in [4.69, 9.17) is 17.0 Å². The van der Waals surface area contributed by atoms with Gasteiger partial charge in [-0.15, -0.1) is 5.11 Å². The fourth-order valence-corrected chi connectivity index (χ4v) is 2.51. The van der Waals surface area contributed by atoms with E-state index in [0.717, 1.165) is 19.6 Å². The van der Waals surface area contributed by atoms with Gasteiger partial charge in [0, 0.05) is 19.1 Å². The lowest BCUT2D eigenvalue weighted by Crippen LogP contribution is -2.39. The second-order valence-electron chi connectivity index (χ2n) is 4.54. The molecule has 1 saturated carbocycles. The Morgan fingerprint density at radius 2 is 2.27 bits per heavy atom. The fraction of sp³-hybridized carbons (Fsp3) is 0.900. The first-order chi connectivity index (χ1) is 7.34. The van der Waals surface area contributed by atoms with Crippen LogP contribution in [0.5, 0.6) is 0 Å². The van der Waals surface area contributed by atoms with Gasteiger partial charge in [-0.1, -0.05) is 0 Å². The smallest absolute Gasteiger partial charge is 0.217 e. The zero-order chi connectivity index (χ0) is 10.3. The standard InChI is InChI=1S/C10H15N3OS/c15-10-12-11-9(7-3-4-7)13(10)6-8-2-1-5-14-8/h7-9H,1-6H2. The molecule has 0 radical (unpaired) electrons. The Balaban J connectivity index is 1.64. The Hall–Kier alpha value is -0.550. The summed E-state index contributed by atoms with van der Waals surface area (Å²) in [5, 5.41) is 8.94. The van der Waals surface area contributed by atoms with Crippen molar-refractivity contribution in [1.82, 2.24) is 4.90 Å². The van der Waals surface area contributed by atoms with Crippen molar-refractivity contribution >= 4 is 17.3 Å². The van der Waals surface area contributed by atoms with E-state index in [9.17, 15) is 0 Å². The zero-order valence-corrected chi connectivity index (χ0v) is 9.45. The lowest BCUT2D eigenvalue weighted by atomic mass is 10.2. The van der Waals surface area contributed by atoms with E-state index >= 15 is 0 Å². The van der Waals surface area contributed by atoms with E-state index in [1.807, 2.05) is 0 Å². The maximum atomic E-state index is 5.63. The quantitative estimate of drug-likeness (QED) is 0.689. The molecule has 1 saturated heterocycles. The van der Waals surface area contributed by atoms with E-state index < -0.39 is 0 Å². The van der Waals surface area contributed by atoms with Crippen LogP contribution in [0.15, 0.2) is 10.2 Å². The van der Waals surface area contributed by atoms with Crippen molar-refractivity contribution < 1.29 is 4.74 Å². The minimum atomic E-state index is 0.224. The Morgan fingerprint density at radius 1 is 1.40 bits per heavy atom. The fourth-order valence-electron chi connectivity index (χ4n) is 2.28. The molecule has 0 aromatic rings. The molecule has 3 aliphatic rings. The largest absolute Gasteiger partial charge is 0.376 e. The summed E-state index contributed by atoms with van der Waals surface area (Å²) in [6.45, 7) is 1.78. The molecule has 82 valence electrons. The summed E-state index contributed by atoms with van der Waals surface area (Å²) < 4.78 is 5.63. The van der Waals surface area contributed by atoms with E-state index in [2.05, 4.69) is 15.1 Å². The molecule has 0 spiro atoms. The average Bonchev–Trinajstić information content (AvgIpc) is 2.82. The molecule has 2 atom stereocenters. The van der Waals surface area contributed by atoms with Gasteiger partial charge in [-0.05, 0) is 37.9 Å². The first-order valence-corrected chi connectivity index (χ1v) is 6.08. The molecule has 3 rings (SSSR count). The Kier molecular flexibility index (Phi) is 2.44. The number of nitrogens with zero attached hydrogens (tertiary/aromatic N) is 3. The molecule has 4 nitrogen and oxygen atoms in total. The molecule has 2 heterocycles. The lowest BCUT2D eigenvalue weighted by Gasteiger charge is -2.25. The van der Waals surface area contributed by atoms with Gasteiger partial charge < -0.3 is 9.64 Å². The maximum absolute atomic E-state index is 5.63. The highest BCUT2D eigenvalue weighted by molar-refractivity contribution is 7.80. The molecule has 0 aromatic carbocycles. The van der Waals surface area contributed by atoms with Crippen molar-refractivity contribution in [2.75, 3.05) is 13.2 Å². The van der Waals surface area contributed by atoms with E-state index in [1.54, 1.807) is 0 Å². The molecule has 2 unspecified atom stereocenters. The van der Waals surface area contributed by atoms with Crippen LogP contribution in [0.25, 0.3) is 0 Å². The first kappa shape index (κ1) is 9.66. The summed E-state index contributed by atoms with van der Waals surface area (Å²) in [7, 11) is 0. The van der Waals surface area contributed by atoms with Crippen LogP contribution in [0.1, 0.15) is 25.7 Å². The van der Waals surface area contributed by atoms with Gasteiger partial charge in [-0.25, -0.2) is 0 Å². The number of rotatable bonds is 3. The Bertz CT molecular complexity index is 297. The number of azo groups is 1. The van der Waals surface area contributed by atoms with Gasteiger partial charge in [0.2, 0.25) is 5.11 Å². The SMILES string of the molecule is S=C1N=NC(C2CC2)N1CC1CCCO1. The van der Waals surface area contributed by atoms with Crippen molar-refractivity contribution in [3.63, 3.8) is 0 Å². The molecule has 0 amide bonds. The topological polar surface area (TPSA) is 37.2 Å². The summed E-state index contributed by atoms with van der Waals surface area (Å²) in [6, 6.07) is 0. The highest BCUT2D eigenvalue weighted by atomic mass is 32.1. The van der Waals surface area contributed by atoms with Crippen molar-refractivity contribution in [3.8, 4) is 0 Å². The summed E-state index contributed by atoms with van der Waals surface area (Å²) in [4.78, 5) is 2.16. The lowest BCUT2D eigenvalue weighted by molar-refractivity contribution is 0.0833. The maximum Gasteiger partial charge on any atom is 0.217 e. The van der Waals surface area contributed by atoms with E-state index in [1.165, 1.54) is 19.3 Å². The molecule has 1 aliphatic carbocycles. The second-order valence-corrected chi connectivity index (χ2v) is 4.90. The third-order valence-electron chi connectivity index (χ3n) is 3.29. The predicted molar refractivity (Wildman–Crippen MR) is 59.6 cm³/mol. The number of ether oxygens (including phenoxy) is 1. The van der Waals surface area contributed by atoms with Crippen LogP contribution in [0.2, 0.25) is 0 Å². The Labute approximate surface area is 94.7 Å². The van der Waals surface area contributed by atoms with Crippen molar-refractivity contribution in [3.05, 3.63) is 0 Å². The van der Waals surface area contributed by atoms with Crippen molar-refractivity contribution in [1.29, 1.82) is 0 Å². The number of hydrogen-bond acceptors (Lipinski definition) is 3. The highest BCUT2D eigenvalue weighted by Gasteiger charge is 2.40. The van der Waals surface area contributed by atoms with Gasteiger partial charge in [0.25, 0.3) is 0 Å². The van der Waals surface area contributed by atoms with E-state index in [0.29, 0.717) is 17.1 Å². The molecule has 15 heavy (non-hydrogen) atoms. The summed E-state index contributed by atoms with van der Waals surface area (Å²) in [5.74, 6) is 0.690. The first-order valence-electron chi connectivity index (χ1n) is 5.67. The minimum absolute atomic E-state index is 0.224. The average molecular weight is 225 g/mol. The van der Waals surface area contributed by atoms with Crippen LogP contribution in [0.4, 0.5) is 0 Å². The molecule has 2 fully saturated rings. The van der Waals surface area contributed by atoms with Crippen LogP contribution in [0, 0.1) is 5.92 Å². The molecule has 0 bridgehead atoms. The third kappa shape index (κ3) is 1.90. The normalized spacial score (nSPS) is 35.5. The van der Waals surface area contributed by atoms with Crippen LogP contribution < -0.4 is 0 Å². The third-order valence-corrected chi connectivity index (χ3v) is 3.61. The molecular weight excluding hydrogens is 210 g/mol. The van der Waals surface area contributed by atoms with Gasteiger partial charge in [-0.2, -0.15) is 5.11 Å². The summed E-state index contributed by atoms with van der Waals surface area (Å²) in [5.41, 5.74) is 0. The number of thiocarbonyl (C=S) groups is 1. The van der Waals surface area contributed by atoms with Gasteiger partial charge in [-0.3, -0.25) is 0 Å². The molecule has 0 N–H and O–H groups in total. The number of hydrogen-bond donors (Lipinski definition) is 0. The van der Waals surface area contributed by atoms with Crippen LogP contribution in [-0.4, -0.2) is 35.4 Å². The van der Waals surface area contributed by atoms with E-state index in [-0.39, 0.29) is 6.17 Å². The predicted octanol–water partition coefficient (Wildman–Crippen LogP) is 1.95. The van der Waals surface area contributed by atoms with Crippen LogP contribution in [-0.2, 0) is 4.74 Å². The Morgan fingerprint density at radius 3 is 2.93 bits per heavy atom. The van der Waals surface area contributed by atoms with Crippen molar-refractivity contribution in [2.45, 2.75) is 38.0 Å². The van der Waals surface area contributed by atoms with Gasteiger partial charge in [0.1, 0.15) is 6.17 Å². The van der Waals surface area contributed by atoms with Crippen molar-refractivity contribution in [2.24, 2.45) is 16.1 Å². The van der Waals surface area contributed by atoms with Crippen LogP contribution >= 0.6 is 12.2 Å². The monoisotopic (exact) mass is 225 g/mol. The molecular formula is C10H15N3OS. The highest BCUT2D eigenvalue weighted by Crippen LogP contribution is 2.38. The molecule has 2 aliphatic heterocycles. The zero-order valence-electron chi connectivity index (χ0n) is 8.63. The molecule has 5 heteroatoms. The second kappa shape index (κ2) is 3.79. The minimum Gasteiger partial charge on any atom is -0.376 e. The summed E-state index contributed by atoms with van der Waals surface area (Å²) >= 11 is 5.21. The van der Waals surface area contributed by atoms with Gasteiger partial charge in [0.15, 0.2) is 0 Å². The molecule has 0 aromatic heterocycles. The van der Waals surface area contributed by atoms with Gasteiger partial charge in [0.05, 0.1) is 6.10 Å². The summed E-state index contributed by atoms with van der Waals surface area (Å²) in [6.07, 6.45) is 5.43. The van der Waals surface area contributed by atoms with Crippen LogP contribution in [0.3, 0.4) is 0 Å².